The molecule has 0 saturated heterocycles. The van der Waals surface area contributed by atoms with Gasteiger partial charge < -0.3 is 15.7 Å². The lowest BCUT2D eigenvalue weighted by Gasteiger charge is -2.16. The van der Waals surface area contributed by atoms with E-state index in [-0.39, 0.29) is 12.6 Å². The second-order valence-electron chi connectivity index (χ2n) is 6.32. The lowest BCUT2D eigenvalue weighted by molar-refractivity contribution is 0.281. The molecule has 0 saturated carbocycles. The zero-order chi connectivity index (χ0) is 18.5. The van der Waals surface area contributed by atoms with Crippen molar-refractivity contribution in [2.45, 2.75) is 26.8 Å². The van der Waals surface area contributed by atoms with Crippen molar-refractivity contribution in [3.63, 3.8) is 0 Å². The number of aliphatic hydroxyl groups is 1. The Balaban J connectivity index is 2.02. The minimum Gasteiger partial charge on any atom is -0.394 e. The van der Waals surface area contributed by atoms with E-state index in [2.05, 4.69) is 51.6 Å². The molecular formula is C20H23N5O. The predicted molar refractivity (Wildman–Crippen MR) is 105 cm³/mol. The Kier molecular flexibility index (Phi) is 5.43. The number of para-hydroxylation sites is 1. The molecular weight excluding hydrogens is 326 g/mol. The average Bonchev–Trinajstić information content (AvgIpc) is 2.65. The van der Waals surface area contributed by atoms with Gasteiger partial charge in [0, 0.05) is 35.8 Å². The normalized spacial score (nSPS) is 11.8. The van der Waals surface area contributed by atoms with Crippen LogP contribution in [0.1, 0.15) is 18.1 Å². The molecule has 0 aliphatic rings. The van der Waals surface area contributed by atoms with Gasteiger partial charge in [-0.3, -0.25) is 4.98 Å². The summed E-state index contributed by atoms with van der Waals surface area (Å²) >= 11 is 0. The van der Waals surface area contributed by atoms with Gasteiger partial charge in [0.2, 0.25) is 5.95 Å². The summed E-state index contributed by atoms with van der Waals surface area (Å²) in [5, 5.41) is 15.9. The Morgan fingerprint density at radius 1 is 1.04 bits per heavy atom. The molecule has 0 amide bonds. The molecule has 6 nitrogen and oxygen atoms in total. The Morgan fingerprint density at radius 2 is 1.73 bits per heavy atom. The molecule has 6 heteroatoms. The third-order valence-electron chi connectivity index (χ3n) is 4.09. The van der Waals surface area contributed by atoms with Crippen molar-refractivity contribution in [2.24, 2.45) is 0 Å². The first kappa shape index (κ1) is 17.8. The third kappa shape index (κ3) is 4.15. The minimum absolute atomic E-state index is 0.00249. The Bertz CT molecular complexity index is 862. The highest BCUT2D eigenvalue weighted by atomic mass is 16.3. The highest BCUT2D eigenvalue weighted by molar-refractivity contribution is 5.69. The second-order valence-corrected chi connectivity index (χ2v) is 6.32. The van der Waals surface area contributed by atoms with Crippen molar-refractivity contribution in [3.8, 4) is 11.3 Å². The van der Waals surface area contributed by atoms with E-state index in [0.29, 0.717) is 11.8 Å². The molecule has 0 fully saturated rings. The SMILES string of the molecule is Cc1cccc(C)c1Nc1cc(-c2ccncc2)nc(N[C@H](C)CO)n1. The van der Waals surface area contributed by atoms with Crippen LogP contribution in [0.5, 0.6) is 0 Å². The van der Waals surface area contributed by atoms with Crippen molar-refractivity contribution >= 4 is 17.5 Å². The summed E-state index contributed by atoms with van der Waals surface area (Å²) in [7, 11) is 0. The van der Waals surface area contributed by atoms with Crippen molar-refractivity contribution in [1.29, 1.82) is 0 Å². The number of hydrogen-bond acceptors (Lipinski definition) is 6. The van der Waals surface area contributed by atoms with Crippen molar-refractivity contribution in [1.82, 2.24) is 15.0 Å². The fourth-order valence-electron chi connectivity index (χ4n) is 2.65. The molecule has 134 valence electrons. The maximum Gasteiger partial charge on any atom is 0.225 e. The lowest BCUT2D eigenvalue weighted by atomic mass is 10.1. The second kappa shape index (κ2) is 7.93. The molecule has 26 heavy (non-hydrogen) atoms. The van der Waals surface area contributed by atoms with E-state index in [4.69, 9.17) is 0 Å². The van der Waals surface area contributed by atoms with Gasteiger partial charge in [0.1, 0.15) is 5.82 Å². The summed E-state index contributed by atoms with van der Waals surface area (Å²) in [5.74, 6) is 1.16. The fourth-order valence-corrected chi connectivity index (χ4v) is 2.65. The number of pyridine rings is 1. The van der Waals surface area contributed by atoms with Crippen LogP contribution in [0.2, 0.25) is 0 Å². The minimum atomic E-state index is -0.143. The first-order valence-electron chi connectivity index (χ1n) is 8.57. The Hall–Kier alpha value is -2.99. The van der Waals surface area contributed by atoms with Crippen LogP contribution in [-0.4, -0.2) is 32.7 Å². The molecule has 1 atom stereocenters. The summed E-state index contributed by atoms with van der Waals surface area (Å²) in [5.41, 5.74) is 5.06. The van der Waals surface area contributed by atoms with Crippen LogP contribution in [0.3, 0.4) is 0 Å². The van der Waals surface area contributed by atoms with Gasteiger partial charge in [-0.05, 0) is 44.0 Å². The maximum absolute atomic E-state index is 9.32. The molecule has 0 spiro atoms. The molecule has 1 aromatic carbocycles. The summed E-state index contributed by atoms with van der Waals surface area (Å²) in [4.78, 5) is 13.2. The van der Waals surface area contributed by atoms with Gasteiger partial charge in [0.05, 0.1) is 12.3 Å². The van der Waals surface area contributed by atoms with E-state index in [0.717, 1.165) is 28.1 Å². The van der Waals surface area contributed by atoms with E-state index in [1.54, 1.807) is 12.4 Å². The number of rotatable bonds is 6. The molecule has 0 unspecified atom stereocenters. The van der Waals surface area contributed by atoms with Gasteiger partial charge in [0.15, 0.2) is 0 Å². The van der Waals surface area contributed by atoms with Crippen LogP contribution in [0, 0.1) is 13.8 Å². The first-order chi connectivity index (χ1) is 12.6. The molecule has 0 aliphatic carbocycles. The molecule has 0 bridgehead atoms. The van der Waals surface area contributed by atoms with Gasteiger partial charge in [-0.1, -0.05) is 18.2 Å². The van der Waals surface area contributed by atoms with Crippen LogP contribution < -0.4 is 10.6 Å². The van der Waals surface area contributed by atoms with Gasteiger partial charge in [-0.25, -0.2) is 4.98 Å². The largest absolute Gasteiger partial charge is 0.394 e. The van der Waals surface area contributed by atoms with E-state index >= 15 is 0 Å². The number of aliphatic hydroxyl groups excluding tert-OH is 1. The average molecular weight is 349 g/mol. The van der Waals surface area contributed by atoms with E-state index in [1.807, 2.05) is 31.2 Å². The van der Waals surface area contributed by atoms with E-state index < -0.39 is 0 Å². The van der Waals surface area contributed by atoms with Gasteiger partial charge in [-0.15, -0.1) is 0 Å². The lowest BCUT2D eigenvalue weighted by Crippen LogP contribution is -2.21. The molecule has 2 aromatic heterocycles. The van der Waals surface area contributed by atoms with Crippen molar-refractivity contribution in [3.05, 3.63) is 59.9 Å². The number of nitrogens with one attached hydrogen (secondary N) is 2. The highest BCUT2D eigenvalue weighted by Gasteiger charge is 2.11. The van der Waals surface area contributed by atoms with Gasteiger partial charge in [0.25, 0.3) is 0 Å². The zero-order valence-electron chi connectivity index (χ0n) is 15.2. The van der Waals surface area contributed by atoms with Crippen LogP contribution in [0.15, 0.2) is 48.8 Å². The van der Waals surface area contributed by atoms with E-state index in [1.165, 1.54) is 0 Å². The molecule has 3 N–H and O–H groups in total. The summed E-state index contributed by atoms with van der Waals surface area (Å²) < 4.78 is 0. The van der Waals surface area contributed by atoms with Crippen LogP contribution in [0.4, 0.5) is 17.5 Å². The number of aromatic nitrogens is 3. The Morgan fingerprint density at radius 3 is 2.38 bits per heavy atom. The van der Waals surface area contributed by atoms with Gasteiger partial charge >= 0.3 is 0 Å². The summed E-state index contributed by atoms with van der Waals surface area (Å²) in [6.07, 6.45) is 3.47. The standard InChI is InChI=1S/C20H23N5O/c1-13-5-4-6-14(2)19(13)24-18-11-17(16-7-9-21-10-8-16)23-20(25-18)22-15(3)12-26/h4-11,15,26H,12H2,1-3H3,(H2,22,23,24,25)/t15-/m1/s1. The number of aryl methyl sites for hydroxylation is 2. The van der Waals surface area contributed by atoms with Crippen LogP contribution >= 0.6 is 0 Å². The number of nitrogens with zero attached hydrogens (tertiary/aromatic N) is 3. The monoisotopic (exact) mass is 349 g/mol. The molecule has 2 heterocycles. The van der Waals surface area contributed by atoms with Crippen LogP contribution in [0.25, 0.3) is 11.3 Å². The predicted octanol–water partition coefficient (Wildman–Crippen LogP) is 3.69. The number of hydrogen-bond donors (Lipinski definition) is 3. The zero-order valence-corrected chi connectivity index (χ0v) is 15.2. The summed E-state index contributed by atoms with van der Waals surface area (Å²) in [6.45, 7) is 6.00. The molecule has 3 aromatic rings. The maximum atomic E-state index is 9.32. The quantitative estimate of drug-likeness (QED) is 0.629. The molecule has 3 rings (SSSR count). The van der Waals surface area contributed by atoms with E-state index in [9.17, 15) is 5.11 Å². The summed E-state index contributed by atoms with van der Waals surface area (Å²) in [6, 6.07) is 11.7. The molecule has 0 radical (unpaired) electrons. The van der Waals surface area contributed by atoms with Crippen molar-refractivity contribution < 1.29 is 5.11 Å². The first-order valence-corrected chi connectivity index (χ1v) is 8.57. The third-order valence-corrected chi connectivity index (χ3v) is 4.09. The van der Waals surface area contributed by atoms with Crippen molar-refractivity contribution in [2.75, 3.05) is 17.2 Å². The highest BCUT2D eigenvalue weighted by Crippen LogP contribution is 2.27. The number of benzene rings is 1. The molecule has 0 aliphatic heterocycles. The fraction of sp³-hybridized carbons (Fsp3) is 0.250. The van der Waals surface area contributed by atoms with Gasteiger partial charge in [-0.2, -0.15) is 4.98 Å². The smallest absolute Gasteiger partial charge is 0.225 e. The topological polar surface area (TPSA) is 83.0 Å². The Labute approximate surface area is 153 Å². The van der Waals surface area contributed by atoms with Crippen LogP contribution in [-0.2, 0) is 0 Å². The number of anilines is 3.